The van der Waals surface area contributed by atoms with Crippen LogP contribution in [0.15, 0.2) is 27.9 Å². The minimum Gasteiger partial charge on any atom is -0.612 e. The molecule has 0 aliphatic heterocycles. The lowest BCUT2D eigenvalue weighted by Crippen LogP contribution is -2.01. The molecule has 2 aromatic rings. The predicted molar refractivity (Wildman–Crippen MR) is 51.3 cm³/mol. The summed E-state index contributed by atoms with van der Waals surface area (Å²) in [4.78, 5) is 16.8. The van der Waals surface area contributed by atoms with Crippen LogP contribution in [0.5, 0.6) is 0 Å². The molecule has 0 amide bonds. The molecule has 0 aliphatic rings. The highest BCUT2D eigenvalue weighted by atomic mass is 32.2. The minimum absolute atomic E-state index is 0.270. The molecule has 0 bridgehead atoms. The van der Waals surface area contributed by atoms with E-state index in [0.717, 1.165) is 0 Å². The van der Waals surface area contributed by atoms with Gasteiger partial charge in [-0.2, -0.15) is 0 Å². The van der Waals surface area contributed by atoms with Gasteiger partial charge < -0.3 is 14.5 Å². The molecule has 0 saturated heterocycles. The molecular weight excluding hydrogens is 188 g/mol. The van der Waals surface area contributed by atoms with Crippen LogP contribution in [0.4, 0.5) is 0 Å². The zero-order chi connectivity index (χ0) is 9.42. The fourth-order valence-electron chi connectivity index (χ4n) is 1.27. The molecule has 4 nitrogen and oxygen atoms in total. The summed E-state index contributed by atoms with van der Waals surface area (Å²) >= 11 is -1.08. The molecule has 0 fully saturated rings. The Kier molecular flexibility index (Phi) is 1.90. The zero-order valence-corrected chi connectivity index (χ0v) is 7.77. The Morgan fingerprint density at radius 2 is 2.15 bits per heavy atom. The second-order valence-corrected chi connectivity index (χ2v) is 4.06. The molecule has 0 saturated carbocycles. The maximum atomic E-state index is 11.2. The average molecular weight is 196 g/mol. The number of aromatic amines is 2. The highest BCUT2D eigenvalue weighted by Crippen LogP contribution is 2.17. The summed E-state index contributed by atoms with van der Waals surface area (Å²) in [5, 5.41) is 0. The molecule has 2 N–H and O–H groups in total. The van der Waals surface area contributed by atoms with Gasteiger partial charge in [-0.1, -0.05) is 6.07 Å². The smallest absolute Gasteiger partial charge is 0.323 e. The number of benzene rings is 1. The number of H-pyrrole nitrogens is 2. The summed E-state index contributed by atoms with van der Waals surface area (Å²) in [7, 11) is 0. The van der Waals surface area contributed by atoms with Gasteiger partial charge >= 0.3 is 5.69 Å². The van der Waals surface area contributed by atoms with Crippen LogP contribution in [0.25, 0.3) is 11.0 Å². The van der Waals surface area contributed by atoms with Crippen molar-refractivity contribution in [2.24, 2.45) is 0 Å². The molecule has 1 heterocycles. The van der Waals surface area contributed by atoms with E-state index in [9.17, 15) is 9.35 Å². The van der Waals surface area contributed by atoms with E-state index < -0.39 is 11.2 Å². The van der Waals surface area contributed by atoms with E-state index in [1.807, 2.05) is 0 Å². The van der Waals surface area contributed by atoms with Crippen LogP contribution in [0.2, 0.25) is 0 Å². The first-order valence-electron chi connectivity index (χ1n) is 3.73. The van der Waals surface area contributed by atoms with E-state index in [1.165, 1.54) is 0 Å². The third-order valence-electron chi connectivity index (χ3n) is 1.82. The first kappa shape index (κ1) is 8.40. The summed E-state index contributed by atoms with van der Waals surface area (Å²) < 4.78 is 11.2. The van der Waals surface area contributed by atoms with Crippen LogP contribution in [0, 0.1) is 0 Å². The number of imidazole rings is 1. The quantitative estimate of drug-likeness (QED) is 0.655. The van der Waals surface area contributed by atoms with Gasteiger partial charge in [-0.05, 0) is 23.3 Å². The Bertz CT molecular complexity index is 486. The first-order chi connectivity index (χ1) is 6.18. The molecule has 1 aromatic heterocycles. The van der Waals surface area contributed by atoms with Gasteiger partial charge in [0.05, 0.1) is 5.52 Å². The fourth-order valence-corrected chi connectivity index (χ4v) is 1.99. The van der Waals surface area contributed by atoms with E-state index in [2.05, 4.69) is 9.97 Å². The van der Waals surface area contributed by atoms with Crippen LogP contribution in [0.1, 0.15) is 0 Å². The lowest BCUT2D eigenvalue weighted by Gasteiger charge is -2.03. The molecule has 68 valence electrons. The van der Waals surface area contributed by atoms with Crippen molar-refractivity contribution in [3.63, 3.8) is 0 Å². The zero-order valence-electron chi connectivity index (χ0n) is 6.96. The first-order valence-corrected chi connectivity index (χ1v) is 5.29. The lowest BCUT2D eigenvalue weighted by molar-refractivity contribution is 0.601. The third-order valence-corrected chi connectivity index (χ3v) is 2.78. The van der Waals surface area contributed by atoms with E-state index in [4.69, 9.17) is 0 Å². The largest absolute Gasteiger partial charge is 0.612 e. The van der Waals surface area contributed by atoms with Crippen molar-refractivity contribution in [1.82, 2.24) is 9.97 Å². The number of nitrogens with one attached hydrogen (secondary N) is 2. The SMILES string of the molecule is C[S+]([O-])c1cccc2[nH]c(=O)[nH]c12. The maximum absolute atomic E-state index is 11.2. The molecule has 2 rings (SSSR count). The van der Waals surface area contributed by atoms with Gasteiger partial charge in [0.25, 0.3) is 0 Å². The number of hydrogen-bond acceptors (Lipinski definition) is 2. The third kappa shape index (κ3) is 1.36. The Morgan fingerprint density at radius 1 is 1.38 bits per heavy atom. The van der Waals surface area contributed by atoms with Gasteiger partial charge in [-0.25, -0.2) is 4.79 Å². The van der Waals surface area contributed by atoms with E-state index in [0.29, 0.717) is 15.9 Å². The van der Waals surface area contributed by atoms with Crippen molar-refractivity contribution in [2.75, 3.05) is 6.26 Å². The standard InChI is InChI=1S/C8H8N2O2S/c1-13(12)6-4-2-3-5-7(6)10-8(11)9-5/h2-4H,1H3,(H2,9,10,11). The second-order valence-electron chi connectivity index (χ2n) is 2.71. The molecule has 1 unspecified atom stereocenters. The highest BCUT2D eigenvalue weighted by Gasteiger charge is 2.11. The minimum atomic E-state index is -1.08. The highest BCUT2D eigenvalue weighted by molar-refractivity contribution is 7.91. The van der Waals surface area contributed by atoms with Crippen molar-refractivity contribution in [1.29, 1.82) is 0 Å². The topological polar surface area (TPSA) is 71.7 Å². The Balaban J connectivity index is 2.82. The Labute approximate surface area is 77.2 Å². The van der Waals surface area contributed by atoms with Crippen LogP contribution in [-0.4, -0.2) is 20.8 Å². The van der Waals surface area contributed by atoms with Gasteiger partial charge in [-0.15, -0.1) is 0 Å². The van der Waals surface area contributed by atoms with E-state index in [1.54, 1.807) is 24.5 Å². The normalized spacial score (nSPS) is 13.4. The molecule has 1 atom stereocenters. The van der Waals surface area contributed by atoms with Crippen LogP contribution in [0.3, 0.4) is 0 Å². The van der Waals surface area contributed by atoms with Crippen molar-refractivity contribution in [2.45, 2.75) is 4.90 Å². The van der Waals surface area contributed by atoms with Crippen molar-refractivity contribution in [3.05, 3.63) is 28.7 Å². The van der Waals surface area contributed by atoms with Gasteiger partial charge in [-0.3, -0.25) is 0 Å². The van der Waals surface area contributed by atoms with Crippen molar-refractivity contribution < 1.29 is 4.55 Å². The van der Waals surface area contributed by atoms with Gasteiger partial charge in [0.2, 0.25) is 0 Å². The van der Waals surface area contributed by atoms with Gasteiger partial charge in [0.1, 0.15) is 11.8 Å². The second kappa shape index (κ2) is 2.93. The molecule has 1 aromatic carbocycles. The monoisotopic (exact) mass is 196 g/mol. The molecule has 5 heteroatoms. The summed E-state index contributed by atoms with van der Waals surface area (Å²) in [6.45, 7) is 0. The van der Waals surface area contributed by atoms with Gasteiger partial charge in [0.15, 0.2) is 4.90 Å². The Hall–Kier alpha value is -1.20. The molecular formula is C8H8N2O2S. The summed E-state index contributed by atoms with van der Waals surface area (Å²) in [5.41, 5.74) is 1.05. The van der Waals surface area contributed by atoms with Crippen molar-refractivity contribution in [3.8, 4) is 0 Å². The number of para-hydroxylation sites is 1. The molecule has 0 radical (unpaired) electrons. The van der Waals surface area contributed by atoms with Crippen LogP contribution < -0.4 is 5.69 Å². The average Bonchev–Trinajstić information content (AvgIpc) is 2.43. The number of aromatic nitrogens is 2. The predicted octanol–water partition coefficient (Wildman–Crippen LogP) is 0.594. The molecule has 0 aliphatic carbocycles. The van der Waals surface area contributed by atoms with Gasteiger partial charge in [0, 0.05) is 0 Å². The maximum Gasteiger partial charge on any atom is 0.323 e. The number of fused-ring (bicyclic) bond motifs is 1. The van der Waals surface area contributed by atoms with Crippen LogP contribution >= 0.6 is 0 Å². The van der Waals surface area contributed by atoms with E-state index >= 15 is 0 Å². The summed E-state index contributed by atoms with van der Waals surface area (Å²) in [6, 6.07) is 5.27. The molecule has 0 spiro atoms. The molecule has 13 heavy (non-hydrogen) atoms. The summed E-state index contributed by atoms with van der Waals surface area (Å²) in [5.74, 6) is 0. The number of rotatable bonds is 1. The lowest BCUT2D eigenvalue weighted by atomic mass is 10.3. The number of hydrogen-bond donors (Lipinski definition) is 2. The van der Waals surface area contributed by atoms with Crippen molar-refractivity contribution >= 4 is 22.2 Å². The van der Waals surface area contributed by atoms with E-state index in [-0.39, 0.29) is 5.69 Å². The fraction of sp³-hybridized carbons (Fsp3) is 0.125. The Morgan fingerprint density at radius 3 is 2.85 bits per heavy atom. The van der Waals surface area contributed by atoms with Crippen LogP contribution in [-0.2, 0) is 11.2 Å². The summed E-state index contributed by atoms with van der Waals surface area (Å²) in [6.07, 6.45) is 1.58.